The van der Waals surface area contributed by atoms with E-state index in [1.807, 2.05) is 68.4 Å². The van der Waals surface area contributed by atoms with E-state index >= 15 is 0 Å². The number of nitrogens with one attached hydrogen (secondary N) is 1. The molecule has 0 saturated heterocycles. The summed E-state index contributed by atoms with van der Waals surface area (Å²) in [5.74, 6) is 0.768. The summed E-state index contributed by atoms with van der Waals surface area (Å²) < 4.78 is 7.18. The van der Waals surface area contributed by atoms with Gasteiger partial charge in [0.15, 0.2) is 5.65 Å². The van der Waals surface area contributed by atoms with Gasteiger partial charge in [0.25, 0.3) is 5.56 Å². The molecule has 1 N–H and O–H groups in total. The van der Waals surface area contributed by atoms with Crippen LogP contribution in [0.5, 0.6) is 5.75 Å². The van der Waals surface area contributed by atoms with Gasteiger partial charge in [-0.2, -0.15) is 5.26 Å². The minimum Gasteiger partial charge on any atom is -0.489 e. The summed E-state index contributed by atoms with van der Waals surface area (Å²) in [6.45, 7) is 4.33. The van der Waals surface area contributed by atoms with E-state index in [0.29, 0.717) is 29.1 Å². The van der Waals surface area contributed by atoms with Crippen molar-refractivity contribution < 1.29 is 4.74 Å². The molecule has 144 valence electrons. The number of hydrogen-bond acceptors (Lipinski definition) is 4. The molecule has 0 aliphatic rings. The van der Waals surface area contributed by atoms with E-state index < -0.39 is 0 Å². The van der Waals surface area contributed by atoms with Gasteiger partial charge in [-0.05, 0) is 29.7 Å². The SMILES string of the molecule is CC(C)c1c(-c2cccc(COc3ccccc3)c2)nc2c(C#N)c[nH]n2c1=O. The molecule has 0 radical (unpaired) electrons. The first-order chi connectivity index (χ1) is 14.1. The van der Waals surface area contributed by atoms with Crippen LogP contribution >= 0.6 is 0 Å². The predicted molar refractivity (Wildman–Crippen MR) is 111 cm³/mol. The zero-order valence-electron chi connectivity index (χ0n) is 16.2. The normalized spacial score (nSPS) is 11.0. The first kappa shape index (κ1) is 18.5. The van der Waals surface area contributed by atoms with Crippen molar-refractivity contribution in [3.8, 4) is 23.1 Å². The maximum atomic E-state index is 13.0. The van der Waals surface area contributed by atoms with Crippen molar-refractivity contribution in [2.45, 2.75) is 26.4 Å². The van der Waals surface area contributed by atoms with Crippen molar-refractivity contribution in [3.63, 3.8) is 0 Å². The molecule has 2 aromatic heterocycles. The van der Waals surface area contributed by atoms with Crippen LogP contribution in [0.15, 0.2) is 65.6 Å². The van der Waals surface area contributed by atoms with Crippen molar-refractivity contribution in [1.29, 1.82) is 5.26 Å². The Morgan fingerprint density at radius 1 is 1.17 bits per heavy atom. The molecule has 0 spiro atoms. The maximum Gasteiger partial charge on any atom is 0.276 e. The number of hydrogen-bond donors (Lipinski definition) is 1. The molecule has 0 aliphatic carbocycles. The van der Waals surface area contributed by atoms with E-state index in [1.54, 1.807) is 0 Å². The Kier molecular flexibility index (Phi) is 4.88. The third kappa shape index (κ3) is 3.50. The highest BCUT2D eigenvalue weighted by Gasteiger charge is 2.20. The number of rotatable bonds is 5. The minimum atomic E-state index is -0.188. The second-order valence-electron chi connectivity index (χ2n) is 7.09. The Hall–Kier alpha value is -3.85. The topological polar surface area (TPSA) is 83.2 Å². The highest BCUT2D eigenvalue weighted by molar-refractivity contribution is 5.68. The fraction of sp³-hybridized carbons (Fsp3) is 0.174. The van der Waals surface area contributed by atoms with Gasteiger partial charge in [0, 0.05) is 17.3 Å². The molecule has 0 fully saturated rings. The van der Waals surface area contributed by atoms with Gasteiger partial charge in [-0.3, -0.25) is 9.89 Å². The van der Waals surface area contributed by atoms with Crippen LogP contribution in [0.1, 0.15) is 36.5 Å². The zero-order valence-corrected chi connectivity index (χ0v) is 16.2. The van der Waals surface area contributed by atoms with Crippen LogP contribution in [0, 0.1) is 11.3 Å². The smallest absolute Gasteiger partial charge is 0.276 e. The standard InChI is InChI=1S/C23H20N4O2/c1-15(2)20-21(26-22-18(12-24)13-25-27(22)23(20)28)17-8-6-7-16(11-17)14-29-19-9-4-3-5-10-19/h3-11,13,15,25H,14H2,1-2H3. The molecule has 4 aromatic rings. The van der Waals surface area contributed by atoms with Crippen molar-refractivity contribution in [2.24, 2.45) is 0 Å². The molecule has 4 rings (SSSR count). The second-order valence-corrected chi connectivity index (χ2v) is 7.09. The van der Waals surface area contributed by atoms with Crippen LogP contribution in [-0.2, 0) is 6.61 Å². The average Bonchev–Trinajstić information content (AvgIpc) is 3.16. The molecule has 0 saturated carbocycles. The maximum absolute atomic E-state index is 13.0. The van der Waals surface area contributed by atoms with Crippen LogP contribution in [0.2, 0.25) is 0 Å². The number of aromatic amines is 1. The summed E-state index contributed by atoms with van der Waals surface area (Å²) in [4.78, 5) is 17.7. The van der Waals surface area contributed by atoms with E-state index in [1.165, 1.54) is 10.7 Å². The predicted octanol–water partition coefficient (Wildman–Crippen LogP) is 4.26. The van der Waals surface area contributed by atoms with Crippen LogP contribution in [-0.4, -0.2) is 14.6 Å². The van der Waals surface area contributed by atoms with Gasteiger partial charge in [0.05, 0.1) is 5.69 Å². The summed E-state index contributed by atoms with van der Waals surface area (Å²) in [5.41, 5.74) is 3.49. The molecular weight excluding hydrogens is 364 g/mol. The Morgan fingerprint density at radius 2 is 1.97 bits per heavy atom. The first-order valence-corrected chi connectivity index (χ1v) is 9.39. The number of benzene rings is 2. The molecule has 6 heteroatoms. The summed E-state index contributed by atoms with van der Waals surface area (Å²) in [6, 6.07) is 19.5. The van der Waals surface area contributed by atoms with Crippen LogP contribution in [0.4, 0.5) is 0 Å². The summed E-state index contributed by atoms with van der Waals surface area (Å²) in [6.07, 6.45) is 1.50. The van der Waals surface area contributed by atoms with E-state index in [-0.39, 0.29) is 11.5 Å². The van der Waals surface area contributed by atoms with Crippen molar-refractivity contribution in [1.82, 2.24) is 14.6 Å². The van der Waals surface area contributed by atoms with Gasteiger partial charge in [0.1, 0.15) is 24.0 Å². The fourth-order valence-corrected chi connectivity index (χ4v) is 3.34. The Balaban J connectivity index is 1.79. The fourth-order valence-electron chi connectivity index (χ4n) is 3.34. The molecule has 2 aromatic carbocycles. The lowest BCUT2D eigenvalue weighted by atomic mass is 9.97. The number of para-hydroxylation sites is 1. The zero-order chi connectivity index (χ0) is 20.4. The summed E-state index contributed by atoms with van der Waals surface area (Å²) in [7, 11) is 0. The molecule has 0 amide bonds. The lowest BCUT2D eigenvalue weighted by Crippen LogP contribution is -2.22. The third-order valence-corrected chi connectivity index (χ3v) is 4.74. The molecule has 0 unspecified atom stereocenters. The number of nitriles is 1. The molecule has 6 nitrogen and oxygen atoms in total. The van der Waals surface area contributed by atoms with Crippen molar-refractivity contribution >= 4 is 5.65 Å². The van der Waals surface area contributed by atoms with Crippen LogP contribution in [0.3, 0.4) is 0 Å². The highest BCUT2D eigenvalue weighted by Crippen LogP contribution is 2.27. The summed E-state index contributed by atoms with van der Waals surface area (Å²) in [5, 5.41) is 12.2. The average molecular weight is 384 g/mol. The van der Waals surface area contributed by atoms with Gasteiger partial charge < -0.3 is 4.74 Å². The number of nitrogens with zero attached hydrogens (tertiary/aromatic N) is 3. The lowest BCUT2D eigenvalue weighted by Gasteiger charge is -2.13. The molecular formula is C23H20N4O2. The largest absolute Gasteiger partial charge is 0.489 e. The molecule has 0 bridgehead atoms. The third-order valence-electron chi connectivity index (χ3n) is 4.74. The number of fused-ring (bicyclic) bond motifs is 1. The van der Waals surface area contributed by atoms with Crippen LogP contribution < -0.4 is 10.3 Å². The first-order valence-electron chi connectivity index (χ1n) is 9.39. The number of H-pyrrole nitrogens is 1. The Bertz CT molecular complexity index is 1260. The van der Waals surface area contributed by atoms with E-state index in [4.69, 9.17) is 4.74 Å². The lowest BCUT2D eigenvalue weighted by molar-refractivity contribution is 0.306. The second kappa shape index (κ2) is 7.64. The summed E-state index contributed by atoms with van der Waals surface area (Å²) >= 11 is 0. The van der Waals surface area contributed by atoms with Gasteiger partial charge in [-0.15, -0.1) is 0 Å². The molecule has 2 heterocycles. The molecule has 0 aliphatic heterocycles. The van der Waals surface area contributed by atoms with Gasteiger partial charge in [-0.1, -0.05) is 50.2 Å². The molecule has 29 heavy (non-hydrogen) atoms. The van der Waals surface area contributed by atoms with Crippen molar-refractivity contribution in [3.05, 3.63) is 87.8 Å². The highest BCUT2D eigenvalue weighted by atomic mass is 16.5. The van der Waals surface area contributed by atoms with E-state index in [0.717, 1.165) is 16.9 Å². The minimum absolute atomic E-state index is 0.0278. The monoisotopic (exact) mass is 384 g/mol. The van der Waals surface area contributed by atoms with Crippen LogP contribution in [0.25, 0.3) is 16.9 Å². The van der Waals surface area contributed by atoms with Crippen molar-refractivity contribution in [2.75, 3.05) is 0 Å². The van der Waals surface area contributed by atoms with E-state index in [9.17, 15) is 10.1 Å². The molecule has 0 atom stereocenters. The quantitative estimate of drug-likeness (QED) is 0.557. The Morgan fingerprint density at radius 3 is 2.69 bits per heavy atom. The van der Waals surface area contributed by atoms with Gasteiger partial charge in [-0.25, -0.2) is 9.50 Å². The Labute approximate surface area is 168 Å². The van der Waals surface area contributed by atoms with Gasteiger partial charge >= 0.3 is 0 Å². The number of aromatic nitrogens is 3. The number of ether oxygens (including phenoxy) is 1. The van der Waals surface area contributed by atoms with E-state index in [2.05, 4.69) is 16.2 Å². The van der Waals surface area contributed by atoms with Gasteiger partial charge in [0.2, 0.25) is 0 Å².